The average Bonchev–Trinajstić information content (AvgIpc) is 2.60. The van der Waals surface area contributed by atoms with E-state index in [4.69, 9.17) is 19.3 Å². The van der Waals surface area contributed by atoms with Gasteiger partial charge in [0.2, 0.25) is 0 Å². The fraction of sp³-hybridized carbons (Fsp3) is 0.611. The summed E-state index contributed by atoms with van der Waals surface area (Å²) in [7, 11) is 4.88. The second-order valence-corrected chi connectivity index (χ2v) is 6.06. The van der Waals surface area contributed by atoms with E-state index in [1.54, 1.807) is 21.3 Å². The number of hydrogen-bond acceptors (Lipinski definition) is 5. The third-order valence-corrected chi connectivity index (χ3v) is 4.62. The van der Waals surface area contributed by atoms with E-state index in [2.05, 4.69) is 4.90 Å². The molecule has 0 spiro atoms. The quantitative estimate of drug-likeness (QED) is 0.787. The third-order valence-electron chi connectivity index (χ3n) is 4.62. The first kappa shape index (κ1) is 18.4. The summed E-state index contributed by atoms with van der Waals surface area (Å²) >= 11 is 0. The van der Waals surface area contributed by atoms with Crippen molar-refractivity contribution in [1.82, 2.24) is 4.90 Å². The van der Waals surface area contributed by atoms with Gasteiger partial charge in [0.05, 0.1) is 26.9 Å². The molecule has 134 valence electrons. The van der Waals surface area contributed by atoms with Gasteiger partial charge in [-0.3, -0.25) is 9.69 Å². The molecule has 2 rings (SSSR count). The Balaban J connectivity index is 2.22. The van der Waals surface area contributed by atoms with Crippen molar-refractivity contribution in [1.29, 1.82) is 0 Å². The van der Waals surface area contributed by atoms with Crippen LogP contribution in [0.4, 0.5) is 0 Å². The average molecular weight is 337 g/mol. The summed E-state index contributed by atoms with van der Waals surface area (Å²) in [6.07, 6.45) is 4.20. The van der Waals surface area contributed by atoms with Crippen molar-refractivity contribution in [2.45, 2.75) is 44.7 Å². The van der Waals surface area contributed by atoms with Gasteiger partial charge in [0.1, 0.15) is 17.2 Å². The van der Waals surface area contributed by atoms with Gasteiger partial charge in [0.15, 0.2) is 0 Å². The summed E-state index contributed by atoms with van der Waals surface area (Å²) in [5, 5.41) is 8.97. The third kappa shape index (κ3) is 4.54. The molecule has 1 aliphatic heterocycles. The molecular formula is C18H27NO5. The van der Waals surface area contributed by atoms with Crippen LogP contribution in [-0.2, 0) is 11.3 Å². The highest BCUT2D eigenvalue weighted by Gasteiger charge is 2.25. The minimum Gasteiger partial charge on any atom is -0.496 e. The number of carboxylic acids is 1. The summed E-state index contributed by atoms with van der Waals surface area (Å²) in [6.45, 7) is 1.64. The van der Waals surface area contributed by atoms with Crippen LogP contribution >= 0.6 is 0 Å². The van der Waals surface area contributed by atoms with Crippen LogP contribution in [0.1, 0.15) is 37.7 Å². The first-order valence-corrected chi connectivity index (χ1v) is 8.33. The van der Waals surface area contributed by atoms with Crippen molar-refractivity contribution in [2.24, 2.45) is 0 Å². The largest absolute Gasteiger partial charge is 0.496 e. The highest BCUT2D eigenvalue weighted by Crippen LogP contribution is 2.36. The van der Waals surface area contributed by atoms with Crippen LogP contribution in [0, 0.1) is 0 Å². The van der Waals surface area contributed by atoms with Crippen LogP contribution in [0.25, 0.3) is 0 Å². The van der Waals surface area contributed by atoms with Crippen LogP contribution < -0.4 is 14.2 Å². The number of piperidine rings is 1. The number of rotatable bonds is 8. The highest BCUT2D eigenvalue weighted by atomic mass is 16.5. The first-order chi connectivity index (χ1) is 11.6. The number of carboxylic acid groups (broad SMARTS) is 1. The van der Waals surface area contributed by atoms with Crippen LogP contribution in [0.15, 0.2) is 12.1 Å². The number of ether oxygens (including phenoxy) is 3. The van der Waals surface area contributed by atoms with E-state index in [-0.39, 0.29) is 12.5 Å². The van der Waals surface area contributed by atoms with Crippen LogP contribution in [0.5, 0.6) is 17.2 Å². The zero-order valence-electron chi connectivity index (χ0n) is 14.7. The lowest BCUT2D eigenvalue weighted by atomic mass is 9.97. The Hall–Kier alpha value is -1.95. The van der Waals surface area contributed by atoms with Crippen LogP contribution in [0.2, 0.25) is 0 Å². The molecule has 24 heavy (non-hydrogen) atoms. The van der Waals surface area contributed by atoms with E-state index in [0.29, 0.717) is 18.7 Å². The summed E-state index contributed by atoms with van der Waals surface area (Å²) in [6, 6.07) is 3.99. The Labute approximate surface area is 143 Å². The number of hydrogen-bond donors (Lipinski definition) is 1. The molecule has 1 aromatic carbocycles. The number of nitrogens with zero attached hydrogens (tertiary/aromatic N) is 1. The monoisotopic (exact) mass is 337 g/mol. The topological polar surface area (TPSA) is 68.2 Å². The van der Waals surface area contributed by atoms with Crippen molar-refractivity contribution in [3.8, 4) is 17.2 Å². The second-order valence-electron chi connectivity index (χ2n) is 6.06. The lowest BCUT2D eigenvalue weighted by Gasteiger charge is -2.36. The number of aliphatic carboxylic acids is 1. The maximum Gasteiger partial charge on any atom is 0.303 e. The van der Waals surface area contributed by atoms with E-state index >= 15 is 0 Å². The van der Waals surface area contributed by atoms with Gasteiger partial charge in [-0.2, -0.15) is 0 Å². The molecule has 1 aliphatic rings. The van der Waals surface area contributed by atoms with Gasteiger partial charge in [-0.05, 0) is 25.8 Å². The number of benzene rings is 1. The molecule has 0 radical (unpaired) electrons. The predicted octanol–water partition coefficient (Wildman–Crippen LogP) is 2.93. The molecule has 1 fully saturated rings. The minimum absolute atomic E-state index is 0.206. The molecule has 1 atom stereocenters. The molecule has 1 saturated heterocycles. The molecule has 0 unspecified atom stereocenters. The standard InChI is InChI=1S/C18H27NO5/c1-22-14-10-16(23-2)15(17(11-14)24-3)12-19-9-5-4-6-13(19)7-8-18(20)21/h10-11,13H,4-9,12H2,1-3H3,(H,20,21)/t13-/m1/s1. The highest BCUT2D eigenvalue weighted by molar-refractivity contribution is 5.66. The van der Waals surface area contributed by atoms with Crippen molar-refractivity contribution in [3.05, 3.63) is 17.7 Å². The van der Waals surface area contributed by atoms with E-state index in [9.17, 15) is 4.79 Å². The van der Waals surface area contributed by atoms with Crippen LogP contribution in [-0.4, -0.2) is 49.9 Å². The lowest BCUT2D eigenvalue weighted by Crippen LogP contribution is -2.39. The molecule has 1 heterocycles. The normalized spacial score (nSPS) is 18.2. The van der Waals surface area contributed by atoms with Crippen LogP contribution in [0.3, 0.4) is 0 Å². The van der Waals surface area contributed by atoms with Gasteiger partial charge in [-0.1, -0.05) is 6.42 Å². The fourth-order valence-electron chi connectivity index (χ4n) is 3.32. The molecule has 0 saturated carbocycles. The summed E-state index contributed by atoms with van der Waals surface area (Å²) in [4.78, 5) is 13.3. The Morgan fingerprint density at radius 1 is 1.17 bits per heavy atom. The Morgan fingerprint density at radius 3 is 2.38 bits per heavy atom. The van der Waals surface area contributed by atoms with E-state index < -0.39 is 5.97 Å². The maximum absolute atomic E-state index is 10.9. The van der Waals surface area contributed by atoms with Crippen molar-refractivity contribution >= 4 is 5.97 Å². The zero-order chi connectivity index (χ0) is 17.5. The number of likely N-dealkylation sites (tertiary alicyclic amines) is 1. The van der Waals surface area contributed by atoms with Gasteiger partial charge < -0.3 is 19.3 Å². The molecule has 6 heteroatoms. The summed E-state index contributed by atoms with van der Waals surface area (Å²) in [5.41, 5.74) is 0.975. The van der Waals surface area contributed by atoms with E-state index in [1.807, 2.05) is 12.1 Å². The van der Waals surface area contributed by atoms with Crippen molar-refractivity contribution < 1.29 is 24.1 Å². The summed E-state index contributed by atoms with van der Waals surface area (Å²) in [5.74, 6) is 1.41. The Kier molecular flexibility index (Phi) is 6.73. The minimum atomic E-state index is -0.736. The van der Waals surface area contributed by atoms with Crippen molar-refractivity contribution in [3.63, 3.8) is 0 Å². The van der Waals surface area contributed by atoms with E-state index in [0.717, 1.165) is 42.9 Å². The molecule has 0 aromatic heterocycles. The molecule has 1 N–H and O–H groups in total. The van der Waals surface area contributed by atoms with Crippen molar-refractivity contribution in [2.75, 3.05) is 27.9 Å². The Bertz CT molecular complexity index is 535. The molecule has 0 aliphatic carbocycles. The van der Waals surface area contributed by atoms with Gasteiger partial charge in [0.25, 0.3) is 0 Å². The molecule has 0 amide bonds. The molecule has 6 nitrogen and oxygen atoms in total. The van der Waals surface area contributed by atoms with Gasteiger partial charge in [-0.15, -0.1) is 0 Å². The number of methoxy groups -OCH3 is 3. The van der Waals surface area contributed by atoms with Gasteiger partial charge in [0, 0.05) is 31.1 Å². The predicted molar refractivity (Wildman–Crippen MR) is 91.0 cm³/mol. The zero-order valence-corrected chi connectivity index (χ0v) is 14.7. The fourth-order valence-corrected chi connectivity index (χ4v) is 3.32. The van der Waals surface area contributed by atoms with Gasteiger partial charge in [-0.25, -0.2) is 0 Å². The SMILES string of the molecule is COc1cc(OC)c(CN2CCCC[C@@H]2CCC(=O)O)c(OC)c1. The number of carbonyl (C=O) groups is 1. The first-order valence-electron chi connectivity index (χ1n) is 8.33. The smallest absolute Gasteiger partial charge is 0.303 e. The lowest BCUT2D eigenvalue weighted by molar-refractivity contribution is -0.137. The van der Waals surface area contributed by atoms with E-state index in [1.165, 1.54) is 0 Å². The maximum atomic E-state index is 10.9. The van der Waals surface area contributed by atoms with Gasteiger partial charge >= 0.3 is 5.97 Å². The second kappa shape index (κ2) is 8.78. The molecular weight excluding hydrogens is 310 g/mol. The Morgan fingerprint density at radius 2 is 1.83 bits per heavy atom. The molecule has 0 bridgehead atoms. The summed E-state index contributed by atoms with van der Waals surface area (Å²) < 4.78 is 16.3. The molecule has 1 aromatic rings.